The predicted molar refractivity (Wildman–Crippen MR) is 134 cm³/mol. The minimum absolute atomic E-state index is 0. The summed E-state index contributed by atoms with van der Waals surface area (Å²) in [6, 6.07) is 7.80. The SMILES string of the molecule is CCNC(=O)c1cccc(CN=C(NCC)NC(C)Cc2c(C)nn(C)c2C)c1.I. The highest BCUT2D eigenvalue weighted by atomic mass is 127. The fourth-order valence-corrected chi connectivity index (χ4v) is 3.27. The second-order valence-corrected chi connectivity index (χ2v) is 7.28. The number of nitrogens with zero attached hydrogens (tertiary/aromatic N) is 3. The molecule has 1 unspecified atom stereocenters. The van der Waals surface area contributed by atoms with Crippen LogP contribution < -0.4 is 16.0 Å². The number of aromatic nitrogens is 2. The van der Waals surface area contributed by atoms with Gasteiger partial charge in [0.2, 0.25) is 0 Å². The minimum atomic E-state index is -0.0563. The molecule has 8 heteroatoms. The Morgan fingerprint density at radius 1 is 1.20 bits per heavy atom. The molecule has 0 spiro atoms. The number of benzene rings is 1. The van der Waals surface area contributed by atoms with E-state index in [9.17, 15) is 4.79 Å². The molecule has 1 atom stereocenters. The molecule has 0 saturated carbocycles. The number of aryl methyl sites for hydroxylation is 2. The van der Waals surface area contributed by atoms with Gasteiger partial charge in [0.15, 0.2) is 5.96 Å². The zero-order chi connectivity index (χ0) is 21.4. The fourth-order valence-electron chi connectivity index (χ4n) is 3.27. The Balaban J connectivity index is 0.00000450. The van der Waals surface area contributed by atoms with E-state index in [1.807, 2.05) is 49.8 Å². The van der Waals surface area contributed by atoms with Crippen LogP contribution in [0.2, 0.25) is 0 Å². The molecule has 0 bridgehead atoms. The van der Waals surface area contributed by atoms with Crippen LogP contribution in [0.15, 0.2) is 29.3 Å². The Kier molecular flexibility index (Phi) is 10.9. The number of nitrogens with one attached hydrogen (secondary N) is 3. The first kappa shape index (κ1) is 25.9. The average Bonchev–Trinajstić information content (AvgIpc) is 2.92. The number of hydrogen-bond donors (Lipinski definition) is 3. The lowest BCUT2D eigenvalue weighted by atomic mass is 10.1. The Morgan fingerprint density at radius 3 is 2.50 bits per heavy atom. The lowest BCUT2D eigenvalue weighted by Gasteiger charge is -2.18. The summed E-state index contributed by atoms with van der Waals surface area (Å²) in [7, 11) is 1.98. The van der Waals surface area contributed by atoms with Crippen LogP contribution >= 0.6 is 24.0 Å². The number of halogens is 1. The first-order valence-corrected chi connectivity index (χ1v) is 10.3. The van der Waals surface area contributed by atoms with Crippen molar-refractivity contribution in [2.75, 3.05) is 13.1 Å². The first-order valence-electron chi connectivity index (χ1n) is 10.3. The highest BCUT2D eigenvalue weighted by molar-refractivity contribution is 14.0. The summed E-state index contributed by atoms with van der Waals surface area (Å²) in [4.78, 5) is 16.7. The Labute approximate surface area is 197 Å². The van der Waals surface area contributed by atoms with Crippen molar-refractivity contribution in [1.29, 1.82) is 0 Å². The third kappa shape index (κ3) is 7.30. The molecular formula is C22H35IN6O. The minimum Gasteiger partial charge on any atom is -0.357 e. The lowest BCUT2D eigenvalue weighted by molar-refractivity contribution is 0.0955. The molecule has 30 heavy (non-hydrogen) atoms. The van der Waals surface area contributed by atoms with Gasteiger partial charge in [-0.15, -0.1) is 24.0 Å². The van der Waals surface area contributed by atoms with Crippen molar-refractivity contribution in [3.8, 4) is 0 Å². The quantitative estimate of drug-likeness (QED) is 0.281. The molecule has 1 aromatic heterocycles. The Morgan fingerprint density at radius 2 is 1.90 bits per heavy atom. The highest BCUT2D eigenvalue weighted by Gasteiger charge is 2.14. The van der Waals surface area contributed by atoms with E-state index < -0.39 is 0 Å². The van der Waals surface area contributed by atoms with Crippen molar-refractivity contribution in [3.63, 3.8) is 0 Å². The van der Waals surface area contributed by atoms with Gasteiger partial charge in [-0.25, -0.2) is 4.99 Å². The van der Waals surface area contributed by atoms with Crippen molar-refractivity contribution in [2.45, 2.75) is 53.6 Å². The van der Waals surface area contributed by atoms with E-state index in [1.165, 1.54) is 11.3 Å². The maximum absolute atomic E-state index is 12.0. The molecule has 3 N–H and O–H groups in total. The third-order valence-electron chi connectivity index (χ3n) is 4.84. The molecule has 2 aromatic rings. The van der Waals surface area contributed by atoms with Crippen LogP contribution in [0.5, 0.6) is 0 Å². The molecular weight excluding hydrogens is 491 g/mol. The number of guanidine groups is 1. The largest absolute Gasteiger partial charge is 0.357 e. The maximum Gasteiger partial charge on any atom is 0.251 e. The number of hydrogen-bond acceptors (Lipinski definition) is 3. The molecule has 7 nitrogen and oxygen atoms in total. The van der Waals surface area contributed by atoms with Crippen LogP contribution in [-0.2, 0) is 20.0 Å². The molecule has 0 aliphatic carbocycles. The maximum atomic E-state index is 12.0. The van der Waals surface area contributed by atoms with E-state index in [2.05, 4.69) is 41.8 Å². The average molecular weight is 526 g/mol. The van der Waals surface area contributed by atoms with Crippen LogP contribution in [0.1, 0.15) is 53.6 Å². The van der Waals surface area contributed by atoms with Gasteiger partial charge in [-0.3, -0.25) is 9.48 Å². The number of carbonyl (C=O) groups is 1. The van der Waals surface area contributed by atoms with Crippen molar-refractivity contribution >= 4 is 35.8 Å². The van der Waals surface area contributed by atoms with Crippen molar-refractivity contribution in [1.82, 2.24) is 25.7 Å². The van der Waals surface area contributed by atoms with E-state index in [1.54, 1.807) is 0 Å². The smallest absolute Gasteiger partial charge is 0.251 e. The molecule has 2 rings (SSSR count). The zero-order valence-corrected chi connectivity index (χ0v) is 21.2. The summed E-state index contributed by atoms with van der Waals surface area (Å²) < 4.78 is 1.93. The van der Waals surface area contributed by atoms with E-state index in [-0.39, 0.29) is 35.9 Å². The Hall–Kier alpha value is -2.10. The topological polar surface area (TPSA) is 83.3 Å². The van der Waals surface area contributed by atoms with Gasteiger partial charge < -0.3 is 16.0 Å². The van der Waals surface area contributed by atoms with Crippen LogP contribution in [0, 0.1) is 13.8 Å². The predicted octanol–water partition coefficient (Wildman–Crippen LogP) is 3.09. The van der Waals surface area contributed by atoms with E-state index >= 15 is 0 Å². The standard InChI is InChI=1S/C22H34N6O.HI/c1-7-23-21(29)19-11-9-10-18(13-19)14-25-22(24-8-2)26-15(3)12-20-16(4)27-28(6)17(20)5;/h9-11,13,15H,7-8,12,14H2,1-6H3,(H,23,29)(H2,24,25,26);1H. The van der Waals surface area contributed by atoms with Crippen LogP contribution in [0.25, 0.3) is 0 Å². The van der Waals surface area contributed by atoms with Crippen molar-refractivity contribution < 1.29 is 4.79 Å². The molecule has 0 aliphatic heterocycles. The normalized spacial score (nSPS) is 12.1. The van der Waals surface area contributed by atoms with Gasteiger partial charge in [-0.2, -0.15) is 5.10 Å². The third-order valence-corrected chi connectivity index (χ3v) is 4.84. The van der Waals surface area contributed by atoms with Gasteiger partial charge in [-0.05, 0) is 64.3 Å². The molecule has 0 radical (unpaired) electrons. The molecule has 1 heterocycles. The molecule has 166 valence electrons. The lowest BCUT2D eigenvalue weighted by Crippen LogP contribution is -2.43. The van der Waals surface area contributed by atoms with Crippen molar-refractivity contribution in [2.24, 2.45) is 12.0 Å². The summed E-state index contributed by atoms with van der Waals surface area (Å²) >= 11 is 0. The van der Waals surface area contributed by atoms with E-state index in [0.717, 1.165) is 30.2 Å². The highest BCUT2D eigenvalue weighted by Crippen LogP contribution is 2.14. The Bertz CT molecular complexity index is 861. The molecule has 1 aromatic carbocycles. The number of amides is 1. The number of carbonyl (C=O) groups excluding carboxylic acids is 1. The van der Waals surface area contributed by atoms with Gasteiger partial charge in [-0.1, -0.05) is 12.1 Å². The van der Waals surface area contributed by atoms with Gasteiger partial charge in [0.25, 0.3) is 5.91 Å². The summed E-state index contributed by atoms with van der Waals surface area (Å²) in [5, 5.41) is 14.1. The first-order chi connectivity index (χ1) is 13.8. The van der Waals surface area contributed by atoms with Crippen LogP contribution in [0.4, 0.5) is 0 Å². The number of aliphatic imine (C=N–C) groups is 1. The molecule has 0 fully saturated rings. The zero-order valence-electron chi connectivity index (χ0n) is 18.9. The van der Waals surface area contributed by atoms with Gasteiger partial charge in [0.1, 0.15) is 0 Å². The number of rotatable bonds is 8. The second-order valence-electron chi connectivity index (χ2n) is 7.28. The summed E-state index contributed by atoms with van der Waals surface area (Å²) in [6.45, 7) is 12.2. The van der Waals surface area contributed by atoms with Crippen LogP contribution in [-0.4, -0.2) is 40.8 Å². The molecule has 0 aliphatic rings. The summed E-state index contributed by atoms with van der Waals surface area (Å²) in [6.07, 6.45) is 0.878. The van der Waals surface area contributed by atoms with Gasteiger partial charge in [0.05, 0.1) is 12.2 Å². The fraction of sp³-hybridized carbons (Fsp3) is 0.500. The second kappa shape index (κ2) is 12.6. The van der Waals surface area contributed by atoms with E-state index in [0.29, 0.717) is 18.7 Å². The van der Waals surface area contributed by atoms with Crippen LogP contribution in [0.3, 0.4) is 0 Å². The monoisotopic (exact) mass is 526 g/mol. The van der Waals surface area contributed by atoms with E-state index in [4.69, 9.17) is 4.99 Å². The summed E-state index contributed by atoms with van der Waals surface area (Å²) in [5.41, 5.74) is 5.20. The van der Waals surface area contributed by atoms with Gasteiger partial charge in [0, 0.05) is 37.4 Å². The van der Waals surface area contributed by atoms with Gasteiger partial charge >= 0.3 is 0 Å². The molecule has 1 amide bonds. The molecule has 0 saturated heterocycles. The summed E-state index contributed by atoms with van der Waals surface area (Å²) in [5.74, 6) is 0.710. The van der Waals surface area contributed by atoms with Crippen molar-refractivity contribution in [3.05, 3.63) is 52.3 Å².